The third kappa shape index (κ3) is 2.65. The van der Waals surface area contributed by atoms with Gasteiger partial charge in [0.2, 0.25) is 5.71 Å². The Hall–Kier alpha value is -3.46. The molecule has 1 aliphatic rings. The van der Waals surface area contributed by atoms with Gasteiger partial charge < -0.3 is 4.42 Å². The Labute approximate surface area is 169 Å². The van der Waals surface area contributed by atoms with E-state index in [0.717, 1.165) is 46.1 Å². The molecule has 0 aliphatic heterocycles. The number of aromatic nitrogens is 2. The van der Waals surface area contributed by atoms with Crippen LogP contribution in [0, 0.1) is 6.92 Å². The van der Waals surface area contributed by atoms with Crippen LogP contribution in [-0.2, 0) is 12.8 Å². The first-order valence-corrected chi connectivity index (χ1v) is 10.1. The first kappa shape index (κ1) is 16.5. The van der Waals surface area contributed by atoms with Crippen LogP contribution in [0.2, 0.25) is 0 Å². The van der Waals surface area contributed by atoms with Crippen LogP contribution in [0.15, 0.2) is 77.3 Å². The SMILES string of the molecule is Cc1ccc2c(n1)oc1c(-c3cc(C4Cc5ccccc5C4)ccn3)cccc12. The Morgan fingerprint density at radius 2 is 1.69 bits per heavy atom. The van der Waals surface area contributed by atoms with Crippen molar-refractivity contribution in [3.63, 3.8) is 0 Å². The summed E-state index contributed by atoms with van der Waals surface area (Å²) in [5.74, 6) is 0.508. The summed E-state index contributed by atoms with van der Waals surface area (Å²) in [6.45, 7) is 1.98. The summed E-state index contributed by atoms with van der Waals surface area (Å²) in [5.41, 5.74) is 8.77. The van der Waals surface area contributed by atoms with E-state index in [9.17, 15) is 0 Å². The molecule has 6 rings (SSSR count). The molecule has 5 aromatic rings. The third-order valence-corrected chi connectivity index (χ3v) is 6.09. The van der Waals surface area contributed by atoms with Gasteiger partial charge >= 0.3 is 0 Å². The third-order valence-electron chi connectivity index (χ3n) is 6.09. The maximum atomic E-state index is 6.18. The number of furan rings is 1. The highest BCUT2D eigenvalue weighted by molar-refractivity contribution is 6.08. The lowest BCUT2D eigenvalue weighted by Gasteiger charge is -2.11. The minimum absolute atomic E-state index is 0.508. The van der Waals surface area contributed by atoms with E-state index in [2.05, 4.69) is 70.6 Å². The molecule has 0 radical (unpaired) electrons. The predicted octanol–water partition coefficient (Wildman–Crippen LogP) is 6.23. The summed E-state index contributed by atoms with van der Waals surface area (Å²) in [4.78, 5) is 9.25. The monoisotopic (exact) mass is 376 g/mol. The van der Waals surface area contributed by atoms with Crippen LogP contribution in [0.3, 0.4) is 0 Å². The van der Waals surface area contributed by atoms with Gasteiger partial charge in [0.25, 0.3) is 0 Å². The van der Waals surface area contributed by atoms with E-state index in [4.69, 9.17) is 4.42 Å². The first-order valence-electron chi connectivity index (χ1n) is 10.1. The molecular weight excluding hydrogens is 356 g/mol. The fourth-order valence-electron chi connectivity index (χ4n) is 4.62. The standard InChI is InChI=1S/C26H20N2O/c1-16-9-10-22-21-7-4-8-23(25(21)29-26(22)28-16)24-15-19(11-12-27-24)20-13-17-5-2-3-6-18(17)14-20/h2-12,15,20H,13-14H2,1H3. The Bertz CT molecular complexity index is 1360. The van der Waals surface area contributed by atoms with E-state index in [1.807, 2.05) is 19.2 Å². The zero-order valence-electron chi connectivity index (χ0n) is 16.2. The lowest BCUT2D eigenvalue weighted by Crippen LogP contribution is -1.99. The Balaban J connectivity index is 1.46. The molecule has 2 aromatic carbocycles. The number of hydrogen-bond donors (Lipinski definition) is 0. The molecule has 0 unspecified atom stereocenters. The number of para-hydroxylation sites is 1. The molecule has 0 N–H and O–H groups in total. The lowest BCUT2D eigenvalue weighted by molar-refractivity contribution is 0.653. The van der Waals surface area contributed by atoms with Gasteiger partial charge in [0.1, 0.15) is 5.58 Å². The number of fused-ring (bicyclic) bond motifs is 4. The van der Waals surface area contributed by atoms with Gasteiger partial charge in [-0.2, -0.15) is 0 Å². The van der Waals surface area contributed by atoms with E-state index in [1.54, 1.807) is 0 Å². The van der Waals surface area contributed by atoms with Crippen molar-refractivity contribution >= 4 is 22.1 Å². The predicted molar refractivity (Wildman–Crippen MR) is 116 cm³/mol. The van der Waals surface area contributed by atoms with E-state index >= 15 is 0 Å². The van der Waals surface area contributed by atoms with Crippen LogP contribution in [-0.4, -0.2) is 9.97 Å². The zero-order valence-corrected chi connectivity index (χ0v) is 16.2. The first-order chi connectivity index (χ1) is 14.3. The second-order valence-electron chi connectivity index (χ2n) is 7.94. The lowest BCUT2D eigenvalue weighted by atomic mass is 9.95. The second-order valence-corrected chi connectivity index (χ2v) is 7.94. The van der Waals surface area contributed by atoms with Crippen LogP contribution < -0.4 is 0 Å². The number of rotatable bonds is 2. The van der Waals surface area contributed by atoms with Crippen molar-refractivity contribution in [2.45, 2.75) is 25.7 Å². The molecule has 0 fully saturated rings. The van der Waals surface area contributed by atoms with E-state index < -0.39 is 0 Å². The molecule has 1 aliphatic carbocycles. The fraction of sp³-hybridized carbons (Fsp3) is 0.154. The second kappa shape index (κ2) is 6.28. The van der Waals surface area contributed by atoms with Crippen LogP contribution in [0.1, 0.15) is 28.3 Å². The molecule has 0 spiro atoms. The Morgan fingerprint density at radius 3 is 2.52 bits per heavy atom. The molecule has 3 heterocycles. The quantitative estimate of drug-likeness (QED) is 0.366. The van der Waals surface area contributed by atoms with Crippen molar-refractivity contribution in [3.8, 4) is 11.3 Å². The van der Waals surface area contributed by atoms with Gasteiger partial charge in [-0.1, -0.05) is 36.4 Å². The van der Waals surface area contributed by atoms with Gasteiger partial charge in [-0.25, -0.2) is 4.98 Å². The molecule has 0 amide bonds. The minimum Gasteiger partial charge on any atom is -0.437 e. The average Bonchev–Trinajstić information content (AvgIpc) is 3.34. The Kier molecular flexibility index (Phi) is 3.57. The topological polar surface area (TPSA) is 38.9 Å². The molecule has 0 saturated heterocycles. The van der Waals surface area contributed by atoms with E-state index in [1.165, 1.54) is 16.7 Å². The maximum absolute atomic E-state index is 6.18. The van der Waals surface area contributed by atoms with Gasteiger partial charge in [0.05, 0.1) is 5.69 Å². The molecule has 140 valence electrons. The molecule has 0 atom stereocenters. The maximum Gasteiger partial charge on any atom is 0.227 e. The van der Waals surface area contributed by atoms with E-state index in [0.29, 0.717) is 11.6 Å². The summed E-state index contributed by atoms with van der Waals surface area (Å²) in [6.07, 6.45) is 4.12. The van der Waals surface area contributed by atoms with Crippen LogP contribution >= 0.6 is 0 Å². The number of nitrogens with zero attached hydrogens (tertiary/aromatic N) is 2. The highest BCUT2D eigenvalue weighted by Gasteiger charge is 2.23. The van der Waals surface area contributed by atoms with Gasteiger partial charge in [0, 0.05) is 28.2 Å². The zero-order chi connectivity index (χ0) is 19.4. The Morgan fingerprint density at radius 1 is 0.862 bits per heavy atom. The summed E-state index contributed by atoms with van der Waals surface area (Å²) in [6, 6.07) is 23.5. The number of pyridine rings is 2. The fourth-order valence-corrected chi connectivity index (χ4v) is 4.62. The van der Waals surface area contributed by atoms with E-state index in [-0.39, 0.29) is 0 Å². The van der Waals surface area contributed by atoms with Crippen LogP contribution in [0.4, 0.5) is 0 Å². The smallest absolute Gasteiger partial charge is 0.227 e. The van der Waals surface area contributed by atoms with Crippen LogP contribution in [0.5, 0.6) is 0 Å². The molecule has 0 saturated carbocycles. The van der Waals surface area contributed by atoms with Crippen molar-refractivity contribution < 1.29 is 4.42 Å². The van der Waals surface area contributed by atoms with Gasteiger partial charge in [-0.3, -0.25) is 4.98 Å². The van der Waals surface area contributed by atoms with Crippen LogP contribution in [0.25, 0.3) is 33.3 Å². The van der Waals surface area contributed by atoms with Crippen molar-refractivity contribution in [3.05, 3.63) is 95.3 Å². The summed E-state index contributed by atoms with van der Waals surface area (Å²) < 4.78 is 6.18. The molecule has 3 nitrogen and oxygen atoms in total. The number of benzene rings is 2. The van der Waals surface area contributed by atoms with Crippen molar-refractivity contribution in [1.29, 1.82) is 0 Å². The average molecular weight is 376 g/mol. The highest BCUT2D eigenvalue weighted by Crippen LogP contribution is 2.37. The number of hydrogen-bond acceptors (Lipinski definition) is 3. The highest BCUT2D eigenvalue weighted by atomic mass is 16.3. The minimum atomic E-state index is 0.508. The van der Waals surface area contributed by atoms with Crippen molar-refractivity contribution in [1.82, 2.24) is 9.97 Å². The van der Waals surface area contributed by atoms with Crippen molar-refractivity contribution in [2.24, 2.45) is 0 Å². The molecule has 29 heavy (non-hydrogen) atoms. The normalized spacial score (nSPS) is 14.0. The van der Waals surface area contributed by atoms with Gasteiger partial charge in [-0.05, 0) is 72.7 Å². The summed E-state index contributed by atoms with van der Waals surface area (Å²) in [5, 5.41) is 2.14. The van der Waals surface area contributed by atoms with Crippen molar-refractivity contribution in [2.75, 3.05) is 0 Å². The molecular formula is C26H20N2O. The van der Waals surface area contributed by atoms with Gasteiger partial charge in [0.15, 0.2) is 0 Å². The molecule has 3 aromatic heterocycles. The number of aryl methyl sites for hydroxylation is 1. The molecule has 3 heteroatoms. The summed E-state index contributed by atoms with van der Waals surface area (Å²) >= 11 is 0. The largest absolute Gasteiger partial charge is 0.437 e. The molecule has 0 bridgehead atoms. The summed E-state index contributed by atoms with van der Waals surface area (Å²) in [7, 11) is 0. The van der Waals surface area contributed by atoms with Gasteiger partial charge in [-0.15, -0.1) is 0 Å².